The molecular weight excluding hydrogens is 1150 g/mol. The second kappa shape index (κ2) is 31.9. The largest absolute Gasteiger partial charge is 0.379 e. The van der Waals surface area contributed by atoms with Gasteiger partial charge in [0.1, 0.15) is 0 Å². The Morgan fingerprint density at radius 1 is 0.651 bits per heavy atom. The average molecular weight is 1240 g/mol. The van der Waals surface area contributed by atoms with E-state index in [0.717, 1.165) is 166 Å². The van der Waals surface area contributed by atoms with Crippen molar-refractivity contribution in [1.29, 1.82) is 0 Å². The standard InChI is InChI=1S/C25H25N5O3.C15H21NO.C14H19NO.C11H14INO.C3H6/c31-24(28-18-9-21-23-17(12-26-22(23)10-18)13-27-29-25(21)32)20-11-19(20)16-3-1-2-15(8-16)14-30-4-6-33-7-5-30;1-12-9-15(12)14-4-2-3-13(10-14)11-16-5-7-17-8-6-16;1-2-4-13-5-3-6-14(11-13)12-15-7-9-16-10-8-15;12-11-3-1-2-10(8-11)9-13-4-6-14-7-5-13;1-3-2/h1-3,8-10,12-13,19-20,26H,4-7,11,14H2,(H,28,31)(H,29,32);2-4,10,12,15H,5-9,11H2,1H3;2-6,11H,7-10,12H2,1H3;1-3,8H,4-7,9H2;3H,1H2,2H3/b;;4-2+;;. The number of hydrazone groups is 1. The molecule has 2 aliphatic carbocycles. The Morgan fingerprint density at radius 3 is 1.61 bits per heavy atom. The first-order chi connectivity index (χ1) is 40.6. The van der Waals surface area contributed by atoms with Crippen molar-refractivity contribution in [3.8, 4) is 0 Å². The van der Waals surface area contributed by atoms with Crippen molar-refractivity contribution in [3.63, 3.8) is 0 Å². The molecule has 0 spiro atoms. The third-order valence-electron chi connectivity index (χ3n) is 15.9. The number of rotatable bonds is 13. The minimum Gasteiger partial charge on any atom is -0.379 e. The number of aromatic amines is 1. The number of halogens is 1. The summed E-state index contributed by atoms with van der Waals surface area (Å²) in [6, 6.07) is 38.8. The minimum atomic E-state index is -0.285. The maximum Gasteiger partial charge on any atom is 0.272 e. The molecule has 14 nitrogen and oxygen atoms in total. The van der Waals surface area contributed by atoms with Crippen LogP contribution < -0.4 is 10.7 Å². The van der Waals surface area contributed by atoms with E-state index < -0.39 is 0 Å². The highest BCUT2D eigenvalue weighted by atomic mass is 127. The lowest BCUT2D eigenvalue weighted by atomic mass is 10.0. The van der Waals surface area contributed by atoms with Crippen molar-refractivity contribution in [2.24, 2.45) is 16.9 Å². The number of hydrogen-bond donors (Lipinski definition) is 3. The summed E-state index contributed by atoms with van der Waals surface area (Å²) in [5, 5.41) is 7.78. The van der Waals surface area contributed by atoms with Crippen LogP contribution in [-0.4, -0.2) is 148 Å². The Balaban J connectivity index is 0.000000141. The van der Waals surface area contributed by atoms with Crippen molar-refractivity contribution < 1.29 is 28.5 Å². The van der Waals surface area contributed by atoms with E-state index in [0.29, 0.717) is 11.3 Å². The van der Waals surface area contributed by atoms with Crippen LogP contribution >= 0.6 is 22.6 Å². The molecule has 4 unspecified atom stereocenters. The van der Waals surface area contributed by atoms with Crippen LogP contribution in [0.5, 0.6) is 0 Å². The summed E-state index contributed by atoms with van der Waals surface area (Å²) in [6.07, 6.45) is 11.6. The highest BCUT2D eigenvalue weighted by Crippen LogP contribution is 2.49. The van der Waals surface area contributed by atoms with Gasteiger partial charge >= 0.3 is 0 Å². The molecule has 4 saturated heterocycles. The molecule has 0 radical (unpaired) electrons. The van der Waals surface area contributed by atoms with Crippen molar-refractivity contribution in [2.45, 2.75) is 71.6 Å². The number of hydrogen-bond acceptors (Lipinski definition) is 11. The van der Waals surface area contributed by atoms with Crippen molar-refractivity contribution in [3.05, 3.63) is 188 Å². The van der Waals surface area contributed by atoms with Gasteiger partial charge < -0.3 is 29.2 Å². The molecule has 2 amide bonds. The first kappa shape index (κ1) is 61.7. The van der Waals surface area contributed by atoms with Crippen LogP contribution in [-0.2, 0) is 49.9 Å². The van der Waals surface area contributed by atoms with Gasteiger partial charge in [0.2, 0.25) is 5.91 Å². The van der Waals surface area contributed by atoms with E-state index >= 15 is 0 Å². The van der Waals surface area contributed by atoms with E-state index in [9.17, 15) is 9.59 Å². The molecule has 83 heavy (non-hydrogen) atoms. The lowest BCUT2D eigenvalue weighted by Crippen LogP contribution is -2.35. The smallest absolute Gasteiger partial charge is 0.272 e. The number of carbonyl (C=O) groups excluding carboxylic acids is 2. The number of aromatic nitrogens is 1. The van der Waals surface area contributed by atoms with Crippen LogP contribution in [0.15, 0.2) is 139 Å². The lowest BCUT2D eigenvalue weighted by molar-refractivity contribution is -0.117. The second-order valence-corrected chi connectivity index (χ2v) is 23.7. The Morgan fingerprint density at radius 2 is 1.12 bits per heavy atom. The van der Waals surface area contributed by atoms with Gasteiger partial charge in [-0.3, -0.25) is 29.2 Å². The van der Waals surface area contributed by atoms with Gasteiger partial charge in [0.25, 0.3) is 5.91 Å². The van der Waals surface area contributed by atoms with Gasteiger partial charge in [0.05, 0.1) is 64.6 Å². The normalized spacial score (nSPS) is 21.5. The molecule has 4 atom stereocenters. The van der Waals surface area contributed by atoms with Gasteiger partial charge in [-0.15, -0.1) is 6.58 Å². The zero-order valence-corrected chi connectivity index (χ0v) is 51.1. The summed E-state index contributed by atoms with van der Waals surface area (Å²) < 4.78 is 22.8. The van der Waals surface area contributed by atoms with Crippen LogP contribution in [0.3, 0.4) is 0 Å². The summed E-state index contributed by atoms with van der Waals surface area (Å²) in [5.74, 6) is 1.60. The third-order valence-corrected chi connectivity index (χ3v) is 16.6. The van der Waals surface area contributed by atoms with Gasteiger partial charge in [-0.05, 0) is 130 Å². The van der Waals surface area contributed by atoms with Gasteiger partial charge in [-0.2, -0.15) is 5.10 Å². The zero-order valence-electron chi connectivity index (χ0n) is 48.9. The Hall–Kier alpha value is -5.86. The summed E-state index contributed by atoms with van der Waals surface area (Å²) in [5.41, 5.74) is 14.8. The number of anilines is 1. The topological polar surface area (TPSA) is 136 Å². The number of nitrogens with zero attached hydrogens (tertiary/aromatic N) is 5. The van der Waals surface area contributed by atoms with E-state index in [4.69, 9.17) is 18.9 Å². The number of allylic oxidation sites excluding steroid dienone is 2. The van der Waals surface area contributed by atoms with Crippen LogP contribution in [0.2, 0.25) is 0 Å². The molecule has 15 heteroatoms. The van der Waals surface area contributed by atoms with E-state index in [2.05, 4.69) is 193 Å². The second-order valence-electron chi connectivity index (χ2n) is 22.5. The zero-order chi connectivity index (χ0) is 57.8. The van der Waals surface area contributed by atoms with Gasteiger partial charge in [-0.1, -0.05) is 110 Å². The fourth-order valence-corrected chi connectivity index (χ4v) is 11.9. The van der Waals surface area contributed by atoms with Crippen LogP contribution in [0.1, 0.15) is 100 Å². The lowest BCUT2D eigenvalue weighted by Gasteiger charge is -2.26. The molecule has 5 aromatic carbocycles. The molecule has 2 saturated carbocycles. The van der Waals surface area contributed by atoms with E-state index in [1.165, 1.54) is 43.4 Å². The number of morpholine rings is 4. The Kier molecular flexibility index (Phi) is 23.7. The molecule has 6 heterocycles. The van der Waals surface area contributed by atoms with E-state index in [-0.39, 0.29) is 23.7 Å². The molecule has 1 aromatic heterocycles. The first-order valence-corrected chi connectivity index (χ1v) is 30.9. The Labute approximate surface area is 505 Å². The molecule has 440 valence electrons. The number of ether oxygens (including phenoxy) is 4. The van der Waals surface area contributed by atoms with E-state index in [1.807, 2.05) is 19.2 Å². The summed E-state index contributed by atoms with van der Waals surface area (Å²) in [7, 11) is 0. The number of amides is 2. The quantitative estimate of drug-likeness (QED) is 0.0757. The first-order valence-electron chi connectivity index (χ1n) is 29.8. The number of nitrogens with one attached hydrogen (secondary N) is 3. The molecule has 6 aromatic rings. The van der Waals surface area contributed by atoms with Gasteiger partial charge in [0, 0.05) is 116 Å². The van der Waals surface area contributed by atoms with Crippen LogP contribution in [0.25, 0.3) is 17.0 Å². The fraction of sp³-hybridized carbons (Fsp3) is 0.426. The minimum absolute atomic E-state index is 0.0119. The van der Waals surface area contributed by atoms with Gasteiger partial charge in [0.15, 0.2) is 0 Å². The molecule has 5 aliphatic heterocycles. The highest BCUT2D eigenvalue weighted by molar-refractivity contribution is 14.1. The predicted octanol–water partition coefficient (Wildman–Crippen LogP) is 11.3. The third kappa shape index (κ3) is 19.1. The van der Waals surface area contributed by atoms with Crippen molar-refractivity contribution >= 4 is 63.3 Å². The van der Waals surface area contributed by atoms with E-state index in [1.54, 1.807) is 23.9 Å². The molecular formula is C68H85IN8O6. The predicted molar refractivity (Wildman–Crippen MR) is 343 cm³/mol. The summed E-state index contributed by atoms with van der Waals surface area (Å²) in [6.45, 7) is 28.9. The summed E-state index contributed by atoms with van der Waals surface area (Å²) in [4.78, 5) is 38.4. The monoisotopic (exact) mass is 1240 g/mol. The molecule has 0 bridgehead atoms. The maximum atomic E-state index is 13.0. The highest BCUT2D eigenvalue weighted by Gasteiger charge is 2.44. The fourth-order valence-electron chi connectivity index (χ4n) is 11.3. The number of H-pyrrole nitrogens is 1. The Bertz CT molecular complexity index is 3100. The molecule has 7 aliphatic rings. The maximum absolute atomic E-state index is 13.0. The number of benzene rings is 5. The van der Waals surface area contributed by atoms with Crippen LogP contribution in [0, 0.1) is 15.4 Å². The summed E-state index contributed by atoms with van der Waals surface area (Å²) >= 11 is 2.36. The molecule has 3 N–H and O–H groups in total. The average Bonchev–Trinajstić information content (AvgIpc) is 4.54. The molecule has 13 rings (SSSR count). The SMILES string of the molecule is C/C=C/c1cccc(CN2CCOCC2)c1.C=CC.CC1CC1c1cccc(CN2CCOCC2)c1.Ic1cccc(CN2CCOCC2)c1.O=C1NN=Cc2c[nH]c3cc(NC(=O)C4CC4c4cccc(CN5CCOCC5)c4)cc1c23. The number of carbonyl (C=O) groups is 2. The van der Waals surface area contributed by atoms with Gasteiger partial charge in [-0.25, -0.2) is 5.43 Å². The van der Waals surface area contributed by atoms with Crippen molar-refractivity contribution in [1.82, 2.24) is 30.0 Å². The molecule has 6 fully saturated rings. The van der Waals surface area contributed by atoms with Crippen LogP contribution in [0.4, 0.5) is 5.69 Å². The van der Waals surface area contributed by atoms with Crippen molar-refractivity contribution in [2.75, 3.05) is 111 Å².